The third kappa shape index (κ3) is 1.61. The van der Waals surface area contributed by atoms with E-state index in [9.17, 15) is 0 Å². The summed E-state index contributed by atoms with van der Waals surface area (Å²) in [6, 6.07) is 4.41. The van der Waals surface area contributed by atoms with E-state index in [0.29, 0.717) is 5.92 Å². The van der Waals surface area contributed by atoms with E-state index in [4.69, 9.17) is 5.73 Å². The molecular formula is C12H19NS. The molecule has 1 aromatic heterocycles. The maximum Gasteiger partial charge on any atom is 0.0529 e. The van der Waals surface area contributed by atoms with E-state index < -0.39 is 0 Å². The van der Waals surface area contributed by atoms with E-state index in [1.165, 1.54) is 29.0 Å². The zero-order valence-electron chi connectivity index (χ0n) is 9.05. The van der Waals surface area contributed by atoms with Crippen LogP contribution in [0.2, 0.25) is 0 Å². The minimum atomic E-state index is -0.0306. The molecule has 2 rings (SSSR count). The first-order valence-electron chi connectivity index (χ1n) is 5.49. The van der Waals surface area contributed by atoms with Crippen molar-refractivity contribution < 1.29 is 0 Å². The number of hydrogen-bond acceptors (Lipinski definition) is 2. The quantitative estimate of drug-likeness (QED) is 0.753. The highest BCUT2D eigenvalue weighted by molar-refractivity contribution is 7.12. The minimum absolute atomic E-state index is 0.0306. The third-order valence-corrected chi connectivity index (χ3v) is 4.75. The summed E-state index contributed by atoms with van der Waals surface area (Å²) in [4.78, 5) is 2.77. The fourth-order valence-electron chi connectivity index (χ4n) is 2.42. The van der Waals surface area contributed by atoms with Crippen LogP contribution in [0.25, 0.3) is 0 Å². The lowest BCUT2D eigenvalue weighted by Gasteiger charge is -2.38. The van der Waals surface area contributed by atoms with Gasteiger partial charge in [0.05, 0.1) is 5.54 Å². The number of aryl methyl sites for hydroxylation is 1. The van der Waals surface area contributed by atoms with Crippen LogP contribution in [0.1, 0.15) is 42.4 Å². The third-order valence-electron chi connectivity index (χ3n) is 3.56. The van der Waals surface area contributed by atoms with Crippen LogP contribution in [0, 0.1) is 12.8 Å². The summed E-state index contributed by atoms with van der Waals surface area (Å²) in [6.45, 7) is 4.46. The largest absolute Gasteiger partial charge is 0.321 e. The molecule has 1 fully saturated rings. The number of rotatable bonds is 1. The number of nitrogens with two attached hydrogens (primary N) is 1. The second-order valence-electron chi connectivity index (χ2n) is 4.60. The second kappa shape index (κ2) is 3.67. The summed E-state index contributed by atoms with van der Waals surface area (Å²) < 4.78 is 0. The fraction of sp³-hybridized carbons (Fsp3) is 0.667. The Morgan fingerprint density at radius 2 is 2.21 bits per heavy atom. The van der Waals surface area contributed by atoms with E-state index in [-0.39, 0.29) is 5.54 Å². The fourth-order valence-corrected chi connectivity index (χ4v) is 3.54. The van der Waals surface area contributed by atoms with Gasteiger partial charge in [0.1, 0.15) is 0 Å². The lowest BCUT2D eigenvalue weighted by molar-refractivity contribution is 0.211. The Morgan fingerprint density at radius 3 is 2.79 bits per heavy atom. The van der Waals surface area contributed by atoms with Crippen molar-refractivity contribution in [1.82, 2.24) is 0 Å². The lowest BCUT2D eigenvalue weighted by Crippen LogP contribution is -2.44. The smallest absolute Gasteiger partial charge is 0.0529 e. The van der Waals surface area contributed by atoms with Crippen LogP contribution in [-0.2, 0) is 5.54 Å². The van der Waals surface area contributed by atoms with E-state index >= 15 is 0 Å². The maximum atomic E-state index is 6.55. The van der Waals surface area contributed by atoms with E-state index in [1.54, 1.807) is 0 Å². The van der Waals surface area contributed by atoms with Crippen LogP contribution in [0.4, 0.5) is 0 Å². The van der Waals surface area contributed by atoms with Crippen LogP contribution < -0.4 is 5.73 Å². The van der Waals surface area contributed by atoms with Gasteiger partial charge >= 0.3 is 0 Å². The van der Waals surface area contributed by atoms with Crippen molar-refractivity contribution in [3.8, 4) is 0 Å². The zero-order chi connectivity index (χ0) is 10.2. The van der Waals surface area contributed by atoms with Crippen molar-refractivity contribution in [1.29, 1.82) is 0 Å². The Kier molecular flexibility index (Phi) is 2.67. The van der Waals surface area contributed by atoms with Crippen LogP contribution in [0.3, 0.4) is 0 Å². The maximum absolute atomic E-state index is 6.55. The van der Waals surface area contributed by atoms with Crippen molar-refractivity contribution in [3.63, 3.8) is 0 Å². The predicted molar refractivity (Wildman–Crippen MR) is 62.6 cm³/mol. The van der Waals surface area contributed by atoms with Crippen LogP contribution in [-0.4, -0.2) is 0 Å². The van der Waals surface area contributed by atoms with Crippen LogP contribution >= 0.6 is 11.3 Å². The van der Waals surface area contributed by atoms with E-state index in [2.05, 4.69) is 26.0 Å². The SMILES string of the molecule is Cc1ccc(C2(N)CCCCC2C)s1. The molecule has 1 nitrogen and oxygen atoms in total. The molecule has 1 aliphatic rings. The summed E-state index contributed by atoms with van der Waals surface area (Å²) in [5.74, 6) is 0.634. The van der Waals surface area contributed by atoms with Gasteiger partial charge in [-0.1, -0.05) is 19.8 Å². The van der Waals surface area contributed by atoms with Gasteiger partial charge in [-0.15, -0.1) is 11.3 Å². The Balaban J connectivity index is 2.29. The summed E-state index contributed by atoms with van der Waals surface area (Å²) in [5, 5.41) is 0. The van der Waals surface area contributed by atoms with Crippen molar-refractivity contribution in [2.24, 2.45) is 11.7 Å². The van der Waals surface area contributed by atoms with Gasteiger partial charge in [0.25, 0.3) is 0 Å². The highest BCUT2D eigenvalue weighted by atomic mass is 32.1. The monoisotopic (exact) mass is 209 g/mol. The first kappa shape index (κ1) is 10.2. The van der Waals surface area contributed by atoms with E-state index in [1.807, 2.05) is 11.3 Å². The van der Waals surface area contributed by atoms with Gasteiger partial charge in [0.2, 0.25) is 0 Å². The van der Waals surface area contributed by atoms with Gasteiger partial charge in [-0.25, -0.2) is 0 Å². The molecule has 0 aromatic carbocycles. The summed E-state index contributed by atoms with van der Waals surface area (Å²) in [6.07, 6.45) is 5.09. The first-order chi connectivity index (χ1) is 6.63. The predicted octanol–water partition coefficient (Wildman–Crippen LogP) is 3.42. The highest BCUT2D eigenvalue weighted by Crippen LogP contribution is 2.41. The van der Waals surface area contributed by atoms with Gasteiger partial charge < -0.3 is 5.73 Å². The molecule has 78 valence electrons. The summed E-state index contributed by atoms with van der Waals surface area (Å²) >= 11 is 1.87. The average Bonchev–Trinajstić information content (AvgIpc) is 2.58. The van der Waals surface area contributed by atoms with Crippen LogP contribution in [0.5, 0.6) is 0 Å². The molecule has 2 unspecified atom stereocenters. The molecule has 1 aliphatic carbocycles. The topological polar surface area (TPSA) is 26.0 Å². The molecule has 0 radical (unpaired) electrons. The number of thiophene rings is 1. The molecule has 0 amide bonds. The van der Waals surface area contributed by atoms with E-state index in [0.717, 1.165) is 6.42 Å². The second-order valence-corrected chi connectivity index (χ2v) is 5.89. The molecule has 0 bridgehead atoms. The molecule has 1 heterocycles. The van der Waals surface area contributed by atoms with Gasteiger partial charge in [-0.2, -0.15) is 0 Å². The molecule has 2 N–H and O–H groups in total. The molecule has 14 heavy (non-hydrogen) atoms. The van der Waals surface area contributed by atoms with Crippen LogP contribution in [0.15, 0.2) is 12.1 Å². The first-order valence-corrected chi connectivity index (χ1v) is 6.30. The Labute approximate surface area is 90.3 Å². The van der Waals surface area contributed by atoms with Crippen molar-refractivity contribution in [2.75, 3.05) is 0 Å². The molecule has 1 saturated carbocycles. The Hall–Kier alpha value is -0.340. The molecule has 1 aromatic rings. The number of hydrogen-bond donors (Lipinski definition) is 1. The molecule has 2 heteroatoms. The normalized spacial score (nSPS) is 33.2. The zero-order valence-corrected chi connectivity index (χ0v) is 9.86. The van der Waals surface area contributed by atoms with Crippen molar-refractivity contribution in [2.45, 2.75) is 45.1 Å². The highest BCUT2D eigenvalue weighted by Gasteiger charge is 2.36. The van der Waals surface area contributed by atoms with Crippen molar-refractivity contribution >= 4 is 11.3 Å². The van der Waals surface area contributed by atoms with Crippen molar-refractivity contribution in [3.05, 3.63) is 21.9 Å². The minimum Gasteiger partial charge on any atom is -0.321 e. The lowest BCUT2D eigenvalue weighted by atomic mass is 9.73. The Bertz CT molecular complexity index is 318. The molecule has 0 aliphatic heterocycles. The standard InChI is InChI=1S/C12H19NS/c1-9-5-3-4-8-12(9,13)11-7-6-10(2)14-11/h6-7,9H,3-5,8,13H2,1-2H3. The van der Waals surface area contributed by atoms with Gasteiger partial charge in [0.15, 0.2) is 0 Å². The molecular weight excluding hydrogens is 190 g/mol. The summed E-state index contributed by atoms with van der Waals surface area (Å²) in [5.41, 5.74) is 6.52. The van der Waals surface area contributed by atoms with Gasteiger partial charge in [-0.05, 0) is 37.8 Å². The molecule has 0 saturated heterocycles. The van der Waals surface area contributed by atoms with Gasteiger partial charge in [0, 0.05) is 9.75 Å². The summed E-state index contributed by atoms with van der Waals surface area (Å²) in [7, 11) is 0. The molecule has 2 atom stereocenters. The van der Waals surface area contributed by atoms with Gasteiger partial charge in [-0.3, -0.25) is 0 Å². The average molecular weight is 209 g/mol. The Morgan fingerprint density at radius 1 is 1.43 bits per heavy atom. The molecule has 0 spiro atoms.